The molecule has 0 amide bonds. The van der Waals surface area contributed by atoms with Gasteiger partial charge in [-0.15, -0.1) is 0 Å². The zero-order valence-electron chi connectivity index (χ0n) is 11.5. The number of nitrogens with one attached hydrogen (secondary N) is 1. The lowest BCUT2D eigenvalue weighted by Gasteiger charge is -2.11. The Morgan fingerprint density at radius 1 is 1.25 bits per heavy atom. The number of rotatable bonds is 3. The minimum absolute atomic E-state index is 0.280. The number of aryl methyl sites for hydroxylation is 2. The maximum absolute atomic E-state index is 9.53. The fourth-order valence-corrected chi connectivity index (χ4v) is 2.23. The highest BCUT2D eigenvalue weighted by Gasteiger charge is 2.06. The number of phenols is 1. The van der Waals surface area contributed by atoms with Crippen LogP contribution in [-0.2, 0) is 13.5 Å². The van der Waals surface area contributed by atoms with Crippen molar-refractivity contribution in [1.82, 2.24) is 14.5 Å². The summed E-state index contributed by atoms with van der Waals surface area (Å²) in [7, 11) is 1.96. The third kappa shape index (κ3) is 2.18. The Bertz CT molecular complexity index is 764. The summed E-state index contributed by atoms with van der Waals surface area (Å²) in [6.07, 6.45) is 4.36. The smallest absolute Gasteiger partial charge is 0.132 e. The molecule has 0 aliphatic carbocycles. The van der Waals surface area contributed by atoms with Gasteiger partial charge in [0.1, 0.15) is 17.1 Å². The van der Waals surface area contributed by atoms with Crippen LogP contribution in [0.25, 0.3) is 11.0 Å². The van der Waals surface area contributed by atoms with Crippen LogP contribution in [0.2, 0.25) is 0 Å². The van der Waals surface area contributed by atoms with Gasteiger partial charge < -0.3 is 15.0 Å². The second-order valence-electron chi connectivity index (χ2n) is 4.73. The van der Waals surface area contributed by atoms with Crippen molar-refractivity contribution in [3.8, 4) is 5.75 Å². The van der Waals surface area contributed by atoms with E-state index in [0.717, 1.165) is 34.5 Å². The Morgan fingerprint density at radius 2 is 2.10 bits per heavy atom. The van der Waals surface area contributed by atoms with Crippen molar-refractivity contribution >= 4 is 22.5 Å². The highest BCUT2D eigenvalue weighted by atomic mass is 16.3. The predicted octanol–water partition coefficient (Wildman–Crippen LogP) is 2.98. The zero-order chi connectivity index (χ0) is 14.1. The highest BCUT2D eigenvalue weighted by Crippen LogP contribution is 2.25. The highest BCUT2D eigenvalue weighted by molar-refractivity contribution is 5.78. The van der Waals surface area contributed by atoms with Crippen LogP contribution in [0.15, 0.2) is 36.8 Å². The van der Waals surface area contributed by atoms with Gasteiger partial charge in [-0.05, 0) is 30.2 Å². The molecule has 5 nitrogen and oxygen atoms in total. The SMILES string of the molecule is CCc1cc(O)ccc1Nc1cc2c(cn1)ncn2C. The maximum atomic E-state index is 9.53. The number of aromatic nitrogens is 3. The number of benzene rings is 1. The first-order chi connectivity index (χ1) is 9.67. The van der Waals surface area contributed by atoms with Gasteiger partial charge in [0.15, 0.2) is 0 Å². The fourth-order valence-electron chi connectivity index (χ4n) is 2.23. The molecule has 0 saturated heterocycles. The average Bonchev–Trinajstić information content (AvgIpc) is 2.82. The second kappa shape index (κ2) is 4.85. The third-order valence-corrected chi connectivity index (χ3v) is 3.34. The maximum Gasteiger partial charge on any atom is 0.132 e. The number of fused-ring (bicyclic) bond motifs is 1. The number of pyridine rings is 1. The molecule has 5 heteroatoms. The lowest BCUT2D eigenvalue weighted by Crippen LogP contribution is -1.97. The topological polar surface area (TPSA) is 63.0 Å². The quantitative estimate of drug-likeness (QED) is 0.717. The zero-order valence-corrected chi connectivity index (χ0v) is 11.5. The molecule has 0 fully saturated rings. The summed E-state index contributed by atoms with van der Waals surface area (Å²) in [5.74, 6) is 1.05. The fraction of sp³-hybridized carbons (Fsp3) is 0.200. The van der Waals surface area contributed by atoms with E-state index in [0.29, 0.717) is 0 Å². The van der Waals surface area contributed by atoms with Crippen LogP contribution < -0.4 is 5.32 Å². The van der Waals surface area contributed by atoms with Gasteiger partial charge in [-0.3, -0.25) is 0 Å². The number of aromatic hydroxyl groups is 1. The molecule has 2 heterocycles. The molecule has 0 unspecified atom stereocenters. The Kier molecular flexibility index (Phi) is 3.02. The van der Waals surface area contributed by atoms with Crippen molar-refractivity contribution in [2.45, 2.75) is 13.3 Å². The summed E-state index contributed by atoms with van der Waals surface area (Å²) in [5, 5.41) is 12.8. The normalized spacial score (nSPS) is 10.9. The summed E-state index contributed by atoms with van der Waals surface area (Å²) >= 11 is 0. The van der Waals surface area contributed by atoms with Crippen molar-refractivity contribution in [3.63, 3.8) is 0 Å². The number of anilines is 2. The van der Waals surface area contributed by atoms with Gasteiger partial charge >= 0.3 is 0 Å². The van der Waals surface area contributed by atoms with Gasteiger partial charge in [0.05, 0.1) is 18.0 Å². The van der Waals surface area contributed by atoms with Gasteiger partial charge in [-0.1, -0.05) is 6.92 Å². The summed E-state index contributed by atoms with van der Waals surface area (Å²) in [5.41, 5.74) is 3.91. The molecule has 0 aliphatic rings. The van der Waals surface area contributed by atoms with Crippen LogP contribution in [0.5, 0.6) is 5.75 Å². The van der Waals surface area contributed by atoms with Crippen LogP contribution in [0.1, 0.15) is 12.5 Å². The molecule has 2 aromatic heterocycles. The van der Waals surface area contributed by atoms with E-state index >= 15 is 0 Å². The third-order valence-electron chi connectivity index (χ3n) is 3.34. The number of hydrogen-bond donors (Lipinski definition) is 2. The Balaban J connectivity index is 1.98. The van der Waals surface area contributed by atoms with Crippen LogP contribution in [0, 0.1) is 0 Å². The number of phenolic OH excluding ortho intramolecular Hbond substituents is 1. The first-order valence-electron chi connectivity index (χ1n) is 6.53. The molecule has 0 radical (unpaired) electrons. The molecule has 0 spiro atoms. The van der Waals surface area contributed by atoms with Crippen LogP contribution >= 0.6 is 0 Å². The number of imidazole rings is 1. The van der Waals surface area contributed by atoms with Crippen molar-refractivity contribution in [1.29, 1.82) is 0 Å². The molecule has 1 aromatic carbocycles. The van der Waals surface area contributed by atoms with Crippen molar-refractivity contribution in [2.24, 2.45) is 7.05 Å². The summed E-state index contributed by atoms with van der Waals surface area (Å²) in [6.45, 7) is 2.05. The molecule has 3 aromatic rings. The monoisotopic (exact) mass is 268 g/mol. The van der Waals surface area contributed by atoms with Gasteiger partial charge in [0, 0.05) is 18.8 Å². The molecular formula is C15H16N4O. The first-order valence-corrected chi connectivity index (χ1v) is 6.53. The van der Waals surface area contributed by atoms with Crippen molar-refractivity contribution in [2.75, 3.05) is 5.32 Å². The Hall–Kier alpha value is -2.56. The summed E-state index contributed by atoms with van der Waals surface area (Å²) in [6, 6.07) is 7.27. The number of nitrogens with zero attached hydrogens (tertiary/aromatic N) is 3. The van der Waals surface area contributed by atoms with E-state index < -0.39 is 0 Å². The molecule has 102 valence electrons. The minimum Gasteiger partial charge on any atom is -0.508 e. The van der Waals surface area contributed by atoms with Crippen molar-refractivity contribution < 1.29 is 5.11 Å². The van der Waals surface area contributed by atoms with Gasteiger partial charge in [0.25, 0.3) is 0 Å². The van der Waals surface area contributed by atoms with Crippen LogP contribution in [0.3, 0.4) is 0 Å². The lowest BCUT2D eigenvalue weighted by molar-refractivity contribution is 0.474. The minimum atomic E-state index is 0.280. The van der Waals surface area contributed by atoms with E-state index in [9.17, 15) is 5.11 Å². The Morgan fingerprint density at radius 3 is 2.90 bits per heavy atom. The second-order valence-corrected chi connectivity index (χ2v) is 4.73. The molecule has 20 heavy (non-hydrogen) atoms. The summed E-state index contributed by atoms with van der Waals surface area (Å²) in [4.78, 5) is 8.62. The standard InChI is InChI=1S/C15H16N4O/c1-3-10-6-11(20)4-5-12(10)18-15-7-14-13(8-16-15)17-9-19(14)2/h4-9,20H,3H2,1-2H3,(H,16,18). The summed E-state index contributed by atoms with van der Waals surface area (Å²) < 4.78 is 1.96. The van der Waals surface area contributed by atoms with Gasteiger partial charge in [0.2, 0.25) is 0 Å². The molecule has 0 saturated carbocycles. The molecule has 0 aliphatic heterocycles. The van der Waals surface area contributed by atoms with Gasteiger partial charge in [-0.25, -0.2) is 9.97 Å². The molecular weight excluding hydrogens is 252 g/mol. The first kappa shape index (κ1) is 12.5. The molecule has 0 atom stereocenters. The molecule has 2 N–H and O–H groups in total. The van der Waals surface area contributed by atoms with E-state index in [1.54, 1.807) is 24.7 Å². The van der Waals surface area contributed by atoms with E-state index in [2.05, 4.69) is 22.2 Å². The average molecular weight is 268 g/mol. The van der Waals surface area contributed by atoms with E-state index in [4.69, 9.17) is 0 Å². The molecule has 3 rings (SSSR count). The Labute approximate surface area is 116 Å². The number of hydrogen-bond acceptors (Lipinski definition) is 4. The van der Waals surface area contributed by atoms with Crippen LogP contribution in [0.4, 0.5) is 11.5 Å². The van der Waals surface area contributed by atoms with Crippen molar-refractivity contribution in [3.05, 3.63) is 42.4 Å². The van der Waals surface area contributed by atoms with E-state index in [-0.39, 0.29) is 5.75 Å². The van der Waals surface area contributed by atoms with E-state index in [1.165, 1.54) is 0 Å². The van der Waals surface area contributed by atoms with E-state index in [1.807, 2.05) is 23.7 Å². The lowest BCUT2D eigenvalue weighted by atomic mass is 10.1. The largest absolute Gasteiger partial charge is 0.508 e. The van der Waals surface area contributed by atoms with Crippen LogP contribution in [-0.4, -0.2) is 19.6 Å². The molecule has 0 bridgehead atoms. The predicted molar refractivity (Wildman–Crippen MR) is 79.3 cm³/mol. The van der Waals surface area contributed by atoms with Gasteiger partial charge in [-0.2, -0.15) is 0 Å².